The molecule has 6 rings (SSSR count). The number of benzene rings is 3. The van der Waals surface area contributed by atoms with Crippen molar-refractivity contribution >= 4 is 49.3 Å². The second-order valence-electron chi connectivity index (χ2n) is 8.21. The van der Waals surface area contributed by atoms with Crippen LogP contribution in [0.15, 0.2) is 89.5 Å². The number of H-pyrrole nitrogens is 1. The van der Waals surface area contributed by atoms with Gasteiger partial charge < -0.3 is 9.72 Å². The Morgan fingerprint density at radius 2 is 1.71 bits per heavy atom. The van der Waals surface area contributed by atoms with Crippen molar-refractivity contribution in [3.05, 3.63) is 106 Å². The Morgan fingerprint density at radius 1 is 0.914 bits per heavy atom. The summed E-state index contributed by atoms with van der Waals surface area (Å²) in [6, 6.07) is 25.9. The first-order chi connectivity index (χ1) is 17.1. The number of aromatic amines is 1. The predicted octanol–water partition coefficient (Wildman–Crippen LogP) is 7.02. The van der Waals surface area contributed by atoms with E-state index >= 15 is 0 Å². The van der Waals surface area contributed by atoms with Gasteiger partial charge in [-0.1, -0.05) is 63.1 Å². The van der Waals surface area contributed by atoms with Gasteiger partial charge in [-0.15, -0.1) is 5.10 Å². The first-order valence-corrected chi connectivity index (χ1v) is 12.2. The molecule has 3 aromatic heterocycles. The van der Waals surface area contributed by atoms with Crippen LogP contribution in [-0.2, 0) is 13.2 Å². The fourth-order valence-corrected chi connectivity index (χ4v) is 4.52. The van der Waals surface area contributed by atoms with Gasteiger partial charge >= 0.3 is 0 Å². The Hall–Kier alpha value is -3.68. The molecule has 0 spiro atoms. The van der Waals surface area contributed by atoms with E-state index in [-0.39, 0.29) is 0 Å². The molecule has 0 radical (unpaired) electrons. The normalized spacial score (nSPS) is 11.4. The molecule has 0 atom stereocenters. The van der Waals surface area contributed by atoms with Crippen LogP contribution in [0, 0.1) is 0 Å². The van der Waals surface area contributed by atoms with Gasteiger partial charge in [-0.05, 0) is 48.5 Å². The fraction of sp³-hybridized carbons (Fsp3) is 0.0741. The SMILES string of the molecule is Clc1ccc(-c2nc(Cn3cc(COc4ccc(Br)cc4)nn3)cc3c2[nH]c2ccccc23)cc1. The van der Waals surface area contributed by atoms with E-state index in [0.717, 1.165) is 54.7 Å². The largest absolute Gasteiger partial charge is 0.487 e. The number of ether oxygens (including phenoxy) is 1. The Bertz CT molecular complexity index is 1640. The molecule has 3 heterocycles. The lowest BCUT2D eigenvalue weighted by Crippen LogP contribution is -2.04. The lowest BCUT2D eigenvalue weighted by atomic mass is 10.1. The number of rotatable bonds is 6. The lowest BCUT2D eigenvalue weighted by Gasteiger charge is -2.08. The van der Waals surface area contributed by atoms with E-state index in [1.807, 2.05) is 66.9 Å². The molecule has 0 aliphatic carbocycles. The van der Waals surface area contributed by atoms with Gasteiger partial charge in [0.05, 0.1) is 29.6 Å². The molecule has 1 N–H and O–H groups in total. The van der Waals surface area contributed by atoms with Gasteiger partial charge in [0.25, 0.3) is 0 Å². The van der Waals surface area contributed by atoms with Gasteiger partial charge in [0.2, 0.25) is 0 Å². The molecule has 0 saturated heterocycles. The quantitative estimate of drug-likeness (QED) is 0.245. The average molecular weight is 545 g/mol. The highest BCUT2D eigenvalue weighted by molar-refractivity contribution is 9.10. The number of fused-ring (bicyclic) bond motifs is 3. The number of nitrogens with one attached hydrogen (secondary N) is 1. The Morgan fingerprint density at radius 3 is 2.54 bits per heavy atom. The molecule has 35 heavy (non-hydrogen) atoms. The van der Waals surface area contributed by atoms with Crippen LogP contribution in [0.4, 0.5) is 0 Å². The van der Waals surface area contributed by atoms with Crippen LogP contribution in [0.3, 0.4) is 0 Å². The van der Waals surface area contributed by atoms with Crippen molar-refractivity contribution in [2.45, 2.75) is 13.2 Å². The summed E-state index contributed by atoms with van der Waals surface area (Å²) < 4.78 is 8.62. The van der Waals surface area contributed by atoms with Crippen LogP contribution in [0.5, 0.6) is 5.75 Å². The number of aromatic nitrogens is 5. The van der Waals surface area contributed by atoms with Crippen molar-refractivity contribution in [1.82, 2.24) is 25.0 Å². The zero-order chi connectivity index (χ0) is 23.8. The number of halogens is 2. The fourth-order valence-electron chi connectivity index (χ4n) is 4.13. The van der Waals surface area contributed by atoms with Crippen molar-refractivity contribution in [1.29, 1.82) is 0 Å². The molecule has 172 valence electrons. The Balaban J connectivity index is 1.33. The van der Waals surface area contributed by atoms with Crippen LogP contribution in [0.25, 0.3) is 33.1 Å². The molecule has 0 aliphatic heterocycles. The molecule has 0 unspecified atom stereocenters. The number of para-hydroxylation sites is 1. The second-order valence-corrected chi connectivity index (χ2v) is 9.56. The Kier molecular flexibility index (Phi) is 5.72. The smallest absolute Gasteiger partial charge is 0.134 e. The maximum atomic E-state index is 6.14. The first-order valence-electron chi connectivity index (χ1n) is 11.1. The third-order valence-corrected chi connectivity index (χ3v) is 6.56. The molecule has 3 aromatic carbocycles. The molecular formula is C27H19BrClN5O. The molecule has 8 heteroatoms. The standard InChI is InChI=1S/C27H19BrClN5O/c28-18-7-11-22(12-8-18)35-16-21-15-34(33-32-21)14-20-13-24-23-3-1-2-4-25(23)31-27(24)26(30-20)17-5-9-19(29)10-6-17/h1-13,15,31H,14,16H2. The predicted molar refractivity (Wildman–Crippen MR) is 142 cm³/mol. The van der Waals surface area contributed by atoms with E-state index in [4.69, 9.17) is 21.3 Å². The van der Waals surface area contributed by atoms with Crippen molar-refractivity contribution in [3.63, 3.8) is 0 Å². The van der Waals surface area contributed by atoms with E-state index in [0.29, 0.717) is 18.2 Å². The summed E-state index contributed by atoms with van der Waals surface area (Å²) in [5.41, 5.74) is 5.58. The van der Waals surface area contributed by atoms with Gasteiger partial charge in [0.1, 0.15) is 18.1 Å². The number of pyridine rings is 1. The number of nitrogens with zero attached hydrogens (tertiary/aromatic N) is 4. The number of hydrogen-bond acceptors (Lipinski definition) is 4. The topological polar surface area (TPSA) is 68.6 Å². The Labute approximate surface area is 214 Å². The summed E-state index contributed by atoms with van der Waals surface area (Å²) in [7, 11) is 0. The molecule has 0 fully saturated rings. The molecule has 0 aliphatic rings. The van der Waals surface area contributed by atoms with Crippen molar-refractivity contribution in [2.24, 2.45) is 0 Å². The lowest BCUT2D eigenvalue weighted by molar-refractivity contribution is 0.301. The summed E-state index contributed by atoms with van der Waals surface area (Å²) in [5, 5.41) is 11.5. The van der Waals surface area contributed by atoms with Crippen molar-refractivity contribution in [2.75, 3.05) is 0 Å². The van der Waals surface area contributed by atoms with Crippen molar-refractivity contribution in [3.8, 4) is 17.0 Å². The highest BCUT2D eigenvalue weighted by Gasteiger charge is 2.14. The minimum absolute atomic E-state index is 0.340. The highest BCUT2D eigenvalue weighted by Crippen LogP contribution is 2.33. The zero-order valence-corrected chi connectivity index (χ0v) is 20.8. The highest BCUT2D eigenvalue weighted by atomic mass is 79.9. The van der Waals surface area contributed by atoms with Gasteiger partial charge in [-0.3, -0.25) is 0 Å². The summed E-state index contributed by atoms with van der Waals surface area (Å²) in [6.45, 7) is 0.827. The average Bonchev–Trinajstić information content (AvgIpc) is 3.48. The molecule has 6 nitrogen and oxygen atoms in total. The molecule has 6 aromatic rings. The second kappa shape index (κ2) is 9.17. The summed E-state index contributed by atoms with van der Waals surface area (Å²) in [5.74, 6) is 0.779. The van der Waals surface area contributed by atoms with Crippen LogP contribution in [-0.4, -0.2) is 25.0 Å². The molecule has 0 bridgehead atoms. The summed E-state index contributed by atoms with van der Waals surface area (Å²) in [4.78, 5) is 8.54. The third-order valence-electron chi connectivity index (χ3n) is 5.78. The van der Waals surface area contributed by atoms with Crippen molar-refractivity contribution < 1.29 is 4.74 Å². The third kappa shape index (κ3) is 4.52. The minimum atomic E-state index is 0.340. The zero-order valence-electron chi connectivity index (χ0n) is 18.5. The monoisotopic (exact) mass is 543 g/mol. The van der Waals surface area contributed by atoms with E-state index < -0.39 is 0 Å². The summed E-state index contributed by atoms with van der Waals surface area (Å²) >= 11 is 9.57. The summed E-state index contributed by atoms with van der Waals surface area (Å²) in [6.07, 6.45) is 1.89. The minimum Gasteiger partial charge on any atom is -0.487 e. The number of hydrogen-bond donors (Lipinski definition) is 1. The maximum Gasteiger partial charge on any atom is 0.134 e. The van der Waals surface area contributed by atoms with E-state index in [1.54, 1.807) is 4.68 Å². The maximum absolute atomic E-state index is 6.14. The van der Waals surface area contributed by atoms with Crippen LogP contribution >= 0.6 is 27.5 Å². The van der Waals surface area contributed by atoms with Gasteiger partial charge in [-0.2, -0.15) is 0 Å². The van der Waals surface area contributed by atoms with Crippen LogP contribution in [0.2, 0.25) is 5.02 Å². The van der Waals surface area contributed by atoms with E-state index in [1.165, 1.54) is 0 Å². The molecule has 0 saturated carbocycles. The van der Waals surface area contributed by atoms with Gasteiger partial charge in [0, 0.05) is 31.3 Å². The van der Waals surface area contributed by atoms with Gasteiger partial charge in [-0.25, -0.2) is 9.67 Å². The van der Waals surface area contributed by atoms with Crippen LogP contribution in [0.1, 0.15) is 11.4 Å². The molecule has 0 amide bonds. The first kappa shape index (κ1) is 21.8. The van der Waals surface area contributed by atoms with E-state index in [2.05, 4.69) is 49.4 Å². The molecular weight excluding hydrogens is 526 g/mol. The van der Waals surface area contributed by atoms with E-state index in [9.17, 15) is 0 Å². The van der Waals surface area contributed by atoms with Gasteiger partial charge in [0.15, 0.2) is 0 Å². The van der Waals surface area contributed by atoms with Crippen LogP contribution < -0.4 is 4.74 Å².